The molecule has 4 heteroatoms. The minimum absolute atomic E-state index is 0.907. The lowest BCUT2D eigenvalue weighted by Gasteiger charge is -2.18. The molecule has 0 aliphatic carbocycles. The Morgan fingerprint density at radius 1 is 1.45 bits per heavy atom. The minimum atomic E-state index is 0.907. The average Bonchev–Trinajstić information content (AvgIpc) is 2.09. The summed E-state index contributed by atoms with van der Waals surface area (Å²) in [6.45, 7) is 6.05. The zero-order valence-electron chi connectivity index (χ0n) is 6.78. The Kier molecular flexibility index (Phi) is 2.77. The molecule has 0 saturated heterocycles. The molecule has 1 rings (SSSR count). The van der Waals surface area contributed by atoms with Crippen LogP contribution in [0.4, 0.5) is 5.69 Å². The summed E-state index contributed by atoms with van der Waals surface area (Å²) in [4.78, 5) is 2.11. The summed E-state index contributed by atoms with van der Waals surface area (Å²) < 4.78 is 0. The number of nitrogens with zero attached hydrogens (tertiary/aromatic N) is 4. The first kappa shape index (κ1) is 7.91. The van der Waals surface area contributed by atoms with Gasteiger partial charge < -0.3 is 4.90 Å². The van der Waals surface area contributed by atoms with Crippen molar-refractivity contribution in [3.63, 3.8) is 0 Å². The molecule has 0 aliphatic heterocycles. The molecule has 1 heterocycles. The molecule has 0 spiro atoms. The minimum Gasteiger partial charge on any atom is -0.369 e. The van der Waals surface area contributed by atoms with Crippen LogP contribution in [0.5, 0.6) is 0 Å². The SMILES string of the molecule is CCN(CC)c1[c]nnnc1. The third kappa shape index (κ3) is 1.86. The van der Waals surface area contributed by atoms with Crippen LogP contribution in [0, 0.1) is 6.20 Å². The molecule has 0 fully saturated rings. The first-order valence-corrected chi connectivity index (χ1v) is 3.69. The topological polar surface area (TPSA) is 41.9 Å². The predicted molar refractivity (Wildman–Crippen MR) is 42.2 cm³/mol. The van der Waals surface area contributed by atoms with Crippen molar-refractivity contribution >= 4 is 5.69 Å². The van der Waals surface area contributed by atoms with E-state index in [1.807, 2.05) is 0 Å². The van der Waals surface area contributed by atoms with Crippen LogP contribution in [0.15, 0.2) is 6.20 Å². The van der Waals surface area contributed by atoms with E-state index in [0.717, 1.165) is 18.8 Å². The summed E-state index contributed by atoms with van der Waals surface area (Å²) in [6.07, 6.45) is 4.44. The molecule has 0 bridgehead atoms. The lowest BCUT2D eigenvalue weighted by molar-refractivity contribution is 0.809. The highest BCUT2D eigenvalue weighted by Crippen LogP contribution is 2.06. The zero-order valence-corrected chi connectivity index (χ0v) is 6.78. The van der Waals surface area contributed by atoms with E-state index in [9.17, 15) is 0 Å². The van der Waals surface area contributed by atoms with Crippen LogP contribution in [-0.4, -0.2) is 28.5 Å². The second-order valence-electron chi connectivity index (χ2n) is 2.10. The smallest absolute Gasteiger partial charge is 0.142 e. The van der Waals surface area contributed by atoms with Crippen LogP contribution in [0.1, 0.15) is 13.8 Å². The normalized spacial score (nSPS) is 9.64. The summed E-state index contributed by atoms with van der Waals surface area (Å²) in [6, 6.07) is 0. The fourth-order valence-electron chi connectivity index (χ4n) is 0.925. The van der Waals surface area contributed by atoms with Crippen LogP contribution in [0.3, 0.4) is 0 Å². The van der Waals surface area contributed by atoms with Gasteiger partial charge in [0.05, 0.1) is 11.9 Å². The van der Waals surface area contributed by atoms with Gasteiger partial charge in [0, 0.05) is 13.1 Å². The molecule has 0 aliphatic rings. The molecule has 0 N–H and O–H groups in total. The first-order chi connectivity index (χ1) is 5.38. The number of aromatic nitrogens is 3. The van der Waals surface area contributed by atoms with Crippen LogP contribution >= 0.6 is 0 Å². The molecule has 1 aromatic heterocycles. The van der Waals surface area contributed by atoms with E-state index >= 15 is 0 Å². The molecule has 0 amide bonds. The Morgan fingerprint density at radius 2 is 2.18 bits per heavy atom. The summed E-state index contributed by atoms with van der Waals surface area (Å²) in [7, 11) is 0. The molecule has 0 saturated carbocycles. The highest BCUT2D eigenvalue weighted by Gasteiger charge is 2.00. The van der Waals surface area contributed by atoms with Crippen molar-refractivity contribution in [2.75, 3.05) is 18.0 Å². The fourth-order valence-corrected chi connectivity index (χ4v) is 0.925. The highest BCUT2D eigenvalue weighted by molar-refractivity contribution is 5.39. The highest BCUT2D eigenvalue weighted by atomic mass is 15.3. The summed E-state index contributed by atoms with van der Waals surface area (Å²) >= 11 is 0. The first-order valence-electron chi connectivity index (χ1n) is 3.69. The van der Waals surface area contributed by atoms with Gasteiger partial charge in [-0.25, -0.2) is 0 Å². The maximum atomic E-state index is 3.67. The summed E-state index contributed by atoms with van der Waals surface area (Å²) in [5.41, 5.74) is 0.907. The van der Waals surface area contributed by atoms with Gasteiger partial charge in [0.1, 0.15) is 6.20 Å². The van der Waals surface area contributed by atoms with Crippen LogP contribution in [0.25, 0.3) is 0 Å². The Bertz CT molecular complexity index is 195. The van der Waals surface area contributed by atoms with Gasteiger partial charge in [-0.05, 0) is 19.1 Å². The van der Waals surface area contributed by atoms with Crippen molar-refractivity contribution in [2.24, 2.45) is 0 Å². The molecule has 0 unspecified atom stereocenters. The van der Waals surface area contributed by atoms with Gasteiger partial charge in [-0.1, -0.05) is 0 Å². The second kappa shape index (κ2) is 3.85. The van der Waals surface area contributed by atoms with E-state index in [4.69, 9.17) is 0 Å². The largest absolute Gasteiger partial charge is 0.369 e. The molecule has 1 aromatic rings. The lowest BCUT2D eigenvalue weighted by Crippen LogP contribution is -2.22. The van der Waals surface area contributed by atoms with Crippen LogP contribution < -0.4 is 4.90 Å². The number of anilines is 1. The molecule has 4 nitrogen and oxygen atoms in total. The Labute approximate surface area is 66.2 Å². The molecule has 59 valence electrons. The third-order valence-electron chi connectivity index (χ3n) is 1.55. The molecule has 11 heavy (non-hydrogen) atoms. The maximum Gasteiger partial charge on any atom is 0.142 e. The molecular weight excluding hydrogens is 140 g/mol. The van der Waals surface area contributed by atoms with Gasteiger partial charge in [-0.3, -0.25) is 0 Å². The average molecular weight is 151 g/mol. The number of rotatable bonds is 3. The lowest BCUT2D eigenvalue weighted by atomic mass is 10.4. The van der Waals surface area contributed by atoms with Crippen molar-refractivity contribution in [2.45, 2.75) is 13.8 Å². The fraction of sp³-hybridized carbons (Fsp3) is 0.571. The third-order valence-corrected chi connectivity index (χ3v) is 1.55. The standard InChI is InChI=1S/C7H11N4/c1-3-11(4-2)7-5-8-10-9-6-7/h5H,3-4H2,1-2H3. The number of hydrogen-bond donors (Lipinski definition) is 0. The second-order valence-corrected chi connectivity index (χ2v) is 2.10. The van der Waals surface area contributed by atoms with E-state index in [2.05, 4.69) is 40.4 Å². The van der Waals surface area contributed by atoms with Gasteiger partial charge in [-0.15, -0.1) is 10.2 Å². The van der Waals surface area contributed by atoms with Crippen molar-refractivity contribution in [1.29, 1.82) is 0 Å². The van der Waals surface area contributed by atoms with Crippen LogP contribution in [0.2, 0.25) is 0 Å². The van der Waals surface area contributed by atoms with Gasteiger partial charge >= 0.3 is 0 Å². The van der Waals surface area contributed by atoms with Gasteiger partial charge in [-0.2, -0.15) is 0 Å². The van der Waals surface area contributed by atoms with Crippen molar-refractivity contribution in [3.05, 3.63) is 12.4 Å². The molecule has 0 aromatic carbocycles. The molecular formula is C7H11N4. The summed E-state index contributed by atoms with van der Waals surface area (Å²) in [5.74, 6) is 0. The predicted octanol–water partition coefficient (Wildman–Crippen LogP) is 0.518. The Morgan fingerprint density at radius 3 is 2.64 bits per heavy atom. The van der Waals surface area contributed by atoms with E-state index in [0.29, 0.717) is 0 Å². The Balaban J connectivity index is 2.74. The molecule has 0 atom stereocenters. The van der Waals surface area contributed by atoms with E-state index in [1.165, 1.54) is 0 Å². The van der Waals surface area contributed by atoms with Gasteiger partial charge in [0.25, 0.3) is 0 Å². The van der Waals surface area contributed by atoms with Crippen molar-refractivity contribution in [1.82, 2.24) is 15.4 Å². The van der Waals surface area contributed by atoms with E-state index < -0.39 is 0 Å². The van der Waals surface area contributed by atoms with Gasteiger partial charge in [0.2, 0.25) is 0 Å². The Hall–Kier alpha value is -1.19. The van der Waals surface area contributed by atoms with E-state index in [-0.39, 0.29) is 0 Å². The van der Waals surface area contributed by atoms with Crippen molar-refractivity contribution < 1.29 is 0 Å². The molecule has 1 radical (unpaired) electrons. The zero-order chi connectivity index (χ0) is 8.10. The summed E-state index contributed by atoms with van der Waals surface area (Å²) in [5, 5.41) is 10.7. The van der Waals surface area contributed by atoms with Crippen LogP contribution in [-0.2, 0) is 0 Å². The van der Waals surface area contributed by atoms with Crippen molar-refractivity contribution in [3.8, 4) is 0 Å². The van der Waals surface area contributed by atoms with E-state index in [1.54, 1.807) is 6.20 Å². The van der Waals surface area contributed by atoms with Gasteiger partial charge in [0.15, 0.2) is 0 Å². The number of hydrogen-bond acceptors (Lipinski definition) is 4. The maximum absolute atomic E-state index is 3.67. The monoisotopic (exact) mass is 151 g/mol. The quantitative estimate of drug-likeness (QED) is 0.631.